The van der Waals surface area contributed by atoms with Gasteiger partial charge in [-0.25, -0.2) is 0 Å². The highest BCUT2D eigenvalue weighted by molar-refractivity contribution is 5.28. The summed E-state index contributed by atoms with van der Waals surface area (Å²) in [6.07, 6.45) is 3.48. The molecule has 18 heavy (non-hydrogen) atoms. The molecule has 0 bridgehead atoms. The quantitative estimate of drug-likeness (QED) is 0.890. The molecule has 2 rings (SSSR count). The molecule has 0 aromatic heterocycles. The minimum atomic E-state index is 0.374. The number of hydrogen-bond acceptors (Lipinski definition) is 3. The molecule has 0 aliphatic carbocycles. The van der Waals surface area contributed by atoms with Crippen molar-refractivity contribution in [3.05, 3.63) is 29.8 Å². The molecule has 0 radical (unpaired) electrons. The Kier molecular flexibility index (Phi) is 5.02. The van der Waals surface area contributed by atoms with Crippen LogP contribution in [0.25, 0.3) is 0 Å². The van der Waals surface area contributed by atoms with Gasteiger partial charge in [0.2, 0.25) is 0 Å². The topological polar surface area (TPSA) is 30.5 Å². The molecule has 0 spiro atoms. The standard InChI is InChI=1S/C15H23NO2/c1-12(13-5-7-15(17-2)8-6-13)16-14-4-3-10-18-11-9-14/h5-8,12,14,16H,3-4,9-11H2,1-2H3/t12-,14?/m0/s1. The van der Waals surface area contributed by atoms with Crippen LogP contribution >= 0.6 is 0 Å². The molecular weight excluding hydrogens is 226 g/mol. The fourth-order valence-electron chi connectivity index (χ4n) is 2.41. The van der Waals surface area contributed by atoms with Gasteiger partial charge in [0.25, 0.3) is 0 Å². The predicted molar refractivity (Wildman–Crippen MR) is 73.0 cm³/mol. The van der Waals surface area contributed by atoms with Crippen molar-refractivity contribution in [2.75, 3.05) is 20.3 Å². The molecule has 1 heterocycles. The SMILES string of the molecule is COc1ccc([C@H](C)NC2CCCOCC2)cc1. The van der Waals surface area contributed by atoms with Crippen molar-refractivity contribution < 1.29 is 9.47 Å². The van der Waals surface area contributed by atoms with Crippen LogP contribution in [0.2, 0.25) is 0 Å². The molecule has 1 unspecified atom stereocenters. The van der Waals surface area contributed by atoms with Gasteiger partial charge in [0.15, 0.2) is 0 Å². The molecule has 1 aromatic carbocycles. The van der Waals surface area contributed by atoms with E-state index in [1.54, 1.807) is 7.11 Å². The van der Waals surface area contributed by atoms with E-state index in [0.717, 1.165) is 31.8 Å². The first-order chi connectivity index (χ1) is 8.79. The summed E-state index contributed by atoms with van der Waals surface area (Å²) in [5.41, 5.74) is 1.31. The summed E-state index contributed by atoms with van der Waals surface area (Å²) in [4.78, 5) is 0. The second kappa shape index (κ2) is 6.76. The summed E-state index contributed by atoms with van der Waals surface area (Å²) >= 11 is 0. The van der Waals surface area contributed by atoms with Crippen LogP contribution in [0.3, 0.4) is 0 Å². The fraction of sp³-hybridized carbons (Fsp3) is 0.600. The van der Waals surface area contributed by atoms with Gasteiger partial charge in [0.1, 0.15) is 5.75 Å². The number of rotatable bonds is 4. The number of ether oxygens (including phenoxy) is 2. The lowest BCUT2D eigenvalue weighted by Gasteiger charge is -2.22. The van der Waals surface area contributed by atoms with E-state index in [-0.39, 0.29) is 0 Å². The Balaban J connectivity index is 1.90. The van der Waals surface area contributed by atoms with Crippen LogP contribution in [0, 0.1) is 0 Å². The van der Waals surface area contributed by atoms with E-state index in [1.807, 2.05) is 12.1 Å². The van der Waals surface area contributed by atoms with Crippen molar-refractivity contribution in [2.45, 2.75) is 38.3 Å². The van der Waals surface area contributed by atoms with Crippen LogP contribution in [-0.2, 0) is 4.74 Å². The molecule has 100 valence electrons. The molecular formula is C15H23NO2. The molecule has 0 saturated carbocycles. The molecule has 1 fully saturated rings. The molecule has 0 amide bonds. The zero-order chi connectivity index (χ0) is 12.8. The lowest BCUT2D eigenvalue weighted by Crippen LogP contribution is -2.31. The Morgan fingerprint density at radius 2 is 2.00 bits per heavy atom. The van der Waals surface area contributed by atoms with Gasteiger partial charge in [0, 0.05) is 25.3 Å². The van der Waals surface area contributed by atoms with E-state index in [4.69, 9.17) is 9.47 Å². The van der Waals surface area contributed by atoms with Crippen LogP contribution < -0.4 is 10.1 Å². The smallest absolute Gasteiger partial charge is 0.118 e. The van der Waals surface area contributed by atoms with Crippen molar-refractivity contribution >= 4 is 0 Å². The Morgan fingerprint density at radius 1 is 1.22 bits per heavy atom. The highest BCUT2D eigenvalue weighted by Gasteiger charge is 2.15. The summed E-state index contributed by atoms with van der Waals surface area (Å²) in [6.45, 7) is 4.01. The summed E-state index contributed by atoms with van der Waals surface area (Å²) in [5.74, 6) is 0.911. The van der Waals surface area contributed by atoms with Crippen LogP contribution in [0.15, 0.2) is 24.3 Å². The normalized spacial score (nSPS) is 22.2. The average molecular weight is 249 g/mol. The van der Waals surface area contributed by atoms with E-state index in [2.05, 4.69) is 24.4 Å². The van der Waals surface area contributed by atoms with Gasteiger partial charge in [-0.1, -0.05) is 12.1 Å². The van der Waals surface area contributed by atoms with Crippen LogP contribution in [0.1, 0.15) is 37.8 Å². The van der Waals surface area contributed by atoms with Gasteiger partial charge in [0.05, 0.1) is 7.11 Å². The highest BCUT2D eigenvalue weighted by Crippen LogP contribution is 2.19. The molecule has 2 atom stereocenters. The molecule has 1 aliphatic rings. The maximum atomic E-state index is 5.49. The monoisotopic (exact) mass is 249 g/mol. The zero-order valence-electron chi connectivity index (χ0n) is 11.3. The Labute approximate surface area is 109 Å². The number of hydrogen-bond donors (Lipinski definition) is 1. The summed E-state index contributed by atoms with van der Waals surface area (Å²) in [6, 6.07) is 9.24. The Morgan fingerprint density at radius 3 is 2.72 bits per heavy atom. The van der Waals surface area contributed by atoms with Gasteiger partial charge in [-0.05, 0) is 43.9 Å². The second-order valence-electron chi connectivity index (χ2n) is 4.90. The summed E-state index contributed by atoms with van der Waals surface area (Å²) in [7, 11) is 1.70. The average Bonchev–Trinajstić information content (AvgIpc) is 2.67. The van der Waals surface area contributed by atoms with Crippen molar-refractivity contribution in [3.63, 3.8) is 0 Å². The predicted octanol–water partition coefficient (Wildman–Crippen LogP) is 2.91. The number of nitrogens with one attached hydrogen (secondary N) is 1. The molecule has 1 aromatic rings. The fourth-order valence-corrected chi connectivity index (χ4v) is 2.41. The van der Waals surface area contributed by atoms with E-state index < -0.39 is 0 Å². The van der Waals surface area contributed by atoms with Gasteiger partial charge in [-0.15, -0.1) is 0 Å². The maximum absolute atomic E-state index is 5.49. The van der Waals surface area contributed by atoms with Crippen molar-refractivity contribution in [2.24, 2.45) is 0 Å². The third-order valence-electron chi connectivity index (χ3n) is 3.55. The molecule has 3 heteroatoms. The van der Waals surface area contributed by atoms with Gasteiger partial charge in [-0.3, -0.25) is 0 Å². The third-order valence-corrected chi connectivity index (χ3v) is 3.55. The third kappa shape index (κ3) is 3.72. The van der Waals surface area contributed by atoms with Crippen molar-refractivity contribution in [1.29, 1.82) is 0 Å². The van der Waals surface area contributed by atoms with E-state index in [0.29, 0.717) is 12.1 Å². The van der Waals surface area contributed by atoms with Gasteiger partial charge >= 0.3 is 0 Å². The van der Waals surface area contributed by atoms with E-state index in [9.17, 15) is 0 Å². The minimum absolute atomic E-state index is 0.374. The van der Waals surface area contributed by atoms with Crippen molar-refractivity contribution in [1.82, 2.24) is 5.32 Å². The summed E-state index contributed by atoms with van der Waals surface area (Å²) in [5, 5.41) is 3.69. The lowest BCUT2D eigenvalue weighted by molar-refractivity contribution is 0.142. The first kappa shape index (κ1) is 13.4. The second-order valence-corrected chi connectivity index (χ2v) is 4.90. The molecule has 1 aliphatic heterocycles. The van der Waals surface area contributed by atoms with E-state index >= 15 is 0 Å². The number of benzene rings is 1. The van der Waals surface area contributed by atoms with Gasteiger partial charge < -0.3 is 14.8 Å². The molecule has 1 saturated heterocycles. The number of methoxy groups -OCH3 is 1. The molecule has 1 N–H and O–H groups in total. The first-order valence-corrected chi connectivity index (χ1v) is 6.77. The van der Waals surface area contributed by atoms with Crippen molar-refractivity contribution in [3.8, 4) is 5.75 Å². The minimum Gasteiger partial charge on any atom is -0.497 e. The molecule has 3 nitrogen and oxygen atoms in total. The Hall–Kier alpha value is -1.06. The first-order valence-electron chi connectivity index (χ1n) is 6.77. The van der Waals surface area contributed by atoms with E-state index in [1.165, 1.54) is 12.0 Å². The summed E-state index contributed by atoms with van der Waals surface area (Å²) < 4.78 is 10.7. The van der Waals surface area contributed by atoms with Crippen LogP contribution in [0.4, 0.5) is 0 Å². The highest BCUT2D eigenvalue weighted by atomic mass is 16.5. The lowest BCUT2D eigenvalue weighted by atomic mass is 10.0. The van der Waals surface area contributed by atoms with Gasteiger partial charge in [-0.2, -0.15) is 0 Å². The van der Waals surface area contributed by atoms with Crippen LogP contribution in [0.5, 0.6) is 5.75 Å². The largest absolute Gasteiger partial charge is 0.497 e. The van der Waals surface area contributed by atoms with Crippen LogP contribution in [-0.4, -0.2) is 26.4 Å². The Bertz CT molecular complexity index is 342. The maximum Gasteiger partial charge on any atom is 0.118 e. The zero-order valence-corrected chi connectivity index (χ0v) is 11.3.